The number of aliphatic carboxylic acids is 1. The largest absolute Gasteiger partial charge is 0.487 e. The summed E-state index contributed by atoms with van der Waals surface area (Å²) < 4.78 is 13.6. The molecule has 1 amide bonds. The smallest absolute Gasteiger partial charge is 0.410 e. The minimum absolute atomic E-state index is 0.0375. The number of likely N-dealkylation sites (tertiary alicyclic amines) is 1. The van der Waals surface area contributed by atoms with E-state index in [4.69, 9.17) is 20.3 Å². The van der Waals surface area contributed by atoms with E-state index < -0.39 is 5.97 Å². The van der Waals surface area contributed by atoms with Gasteiger partial charge in [0.2, 0.25) is 0 Å². The number of carboxylic acid groups (broad SMARTS) is 1. The highest BCUT2D eigenvalue weighted by Crippen LogP contribution is 2.35. The average molecular weight is 580 g/mol. The van der Waals surface area contributed by atoms with Crippen LogP contribution < -0.4 is 10.5 Å². The Balaban J connectivity index is 1.39. The molecule has 1 aliphatic heterocycles. The number of anilines is 1. The van der Waals surface area contributed by atoms with Crippen LogP contribution in [0.25, 0.3) is 32.8 Å². The number of carbonyl (C=O) groups is 2. The van der Waals surface area contributed by atoms with Crippen LogP contribution in [0.1, 0.15) is 37.6 Å². The van der Waals surface area contributed by atoms with Gasteiger partial charge in [0, 0.05) is 35.6 Å². The first-order chi connectivity index (χ1) is 20.8. The van der Waals surface area contributed by atoms with Gasteiger partial charge >= 0.3 is 12.1 Å². The van der Waals surface area contributed by atoms with Crippen LogP contribution in [0.2, 0.25) is 0 Å². The standard InChI is InChI=1S/C33H33N5O5/c1-20(2)43-33(41)37-15-13-23(18-37)38-29-11-10-21(24-7-5-8-26-25(24)12-14-35-32(26)34)16-27(29)28(36-38)19-42-30-9-4-3-6-22(30)17-31(39)40/h3-12,14,16,20,23H,13,15,17-19H2,1-2H3,(H2,34,35)(H,39,40)/t23-/m0/s1. The Morgan fingerprint density at radius 3 is 2.70 bits per heavy atom. The lowest BCUT2D eigenvalue weighted by atomic mass is 9.97. The first-order valence-electron chi connectivity index (χ1n) is 14.3. The highest BCUT2D eigenvalue weighted by molar-refractivity contribution is 6.02. The lowest BCUT2D eigenvalue weighted by Crippen LogP contribution is -2.31. The van der Waals surface area contributed by atoms with Gasteiger partial charge in [0.05, 0.1) is 24.1 Å². The van der Waals surface area contributed by atoms with Crippen LogP contribution in [0.3, 0.4) is 0 Å². The number of hydrogen-bond acceptors (Lipinski definition) is 7. The van der Waals surface area contributed by atoms with Gasteiger partial charge in [0.1, 0.15) is 23.9 Å². The predicted molar refractivity (Wildman–Crippen MR) is 164 cm³/mol. The quantitative estimate of drug-likeness (QED) is 0.235. The molecule has 0 spiro atoms. The van der Waals surface area contributed by atoms with Crippen molar-refractivity contribution in [3.63, 3.8) is 0 Å². The van der Waals surface area contributed by atoms with Crippen molar-refractivity contribution < 1.29 is 24.2 Å². The number of benzene rings is 3. The van der Waals surface area contributed by atoms with Crippen LogP contribution in [-0.4, -0.2) is 56.0 Å². The molecule has 2 aromatic heterocycles. The second-order valence-electron chi connectivity index (χ2n) is 11.0. The molecular weight excluding hydrogens is 546 g/mol. The summed E-state index contributed by atoms with van der Waals surface area (Å²) >= 11 is 0. The van der Waals surface area contributed by atoms with Crippen molar-refractivity contribution in [2.45, 2.75) is 45.4 Å². The fourth-order valence-corrected chi connectivity index (χ4v) is 5.72. The zero-order chi connectivity index (χ0) is 30.1. The third-order valence-corrected chi connectivity index (χ3v) is 7.71. The molecule has 0 radical (unpaired) electrons. The molecule has 220 valence electrons. The summed E-state index contributed by atoms with van der Waals surface area (Å²) in [4.78, 5) is 30.0. The number of nitrogens with zero attached hydrogens (tertiary/aromatic N) is 4. The van der Waals surface area contributed by atoms with Gasteiger partial charge in [-0.3, -0.25) is 9.48 Å². The van der Waals surface area contributed by atoms with Crippen LogP contribution in [0, 0.1) is 0 Å². The third-order valence-electron chi connectivity index (χ3n) is 7.71. The van der Waals surface area contributed by atoms with Crippen LogP contribution in [0.4, 0.5) is 10.6 Å². The minimum atomic E-state index is -0.928. The van der Waals surface area contributed by atoms with Crippen molar-refractivity contribution in [1.82, 2.24) is 19.7 Å². The zero-order valence-corrected chi connectivity index (χ0v) is 24.1. The molecule has 1 atom stereocenters. The van der Waals surface area contributed by atoms with Crippen molar-refractivity contribution in [3.8, 4) is 16.9 Å². The molecule has 3 N–H and O–H groups in total. The zero-order valence-electron chi connectivity index (χ0n) is 24.1. The summed E-state index contributed by atoms with van der Waals surface area (Å²) in [7, 11) is 0. The molecule has 6 rings (SSSR count). The molecule has 10 nitrogen and oxygen atoms in total. The number of aromatic nitrogens is 3. The molecule has 0 unspecified atom stereocenters. The molecule has 1 aliphatic rings. The van der Waals surface area contributed by atoms with Crippen molar-refractivity contribution in [3.05, 3.63) is 84.2 Å². The second-order valence-corrected chi connectivity index (χ2v) is 11.0. The fourth-order valence-electron chi connectivity index (χ4n) is 5.72. The van der Waals surface area contributed by atoms with Gasteiger partial charge in [-0.05, 0) is 61.0 Å². The van der Waals surface area contributed by atoms with Gasteiger partial charge in [-0.1, -0.05) is 42.5 Å². The highest BCUT2D eigenvalue weighted by Gasteiger charge is 2.31. The molecule has 43 heavy (non-hydrogen) atoms. The minimum Gasteiger partial charge on any atom is -0.487 e. The molecule has 1 fully saturated rings. The van der Waals surface area contributed by atoms with E-state index in [0.29, 0.717) is 35.9 Å². The number of rotatable bonds is 8. The van der Waals surface area contributed by atoms with Crippen LogP contribution in [0.5, 0.6) is 5.75 Å². The Kier molecular flexibility index (Phi) is 7.58. The van der Waals surface area contributed by atoms with Crippen LogP contribution >= 0.6 is 0 Å². The topological polar surface area (TPSA) is 133 Å². The average Bonchev–Trinajstić information content (AvgIpc) is 3.61. The number of carboxylic acids is 1. The van der Waals surface area contributed by atoms with E-state index in [0.717, 1.165) is 39.2 Å². The third kappa shape index (κ3) is 5.68. The maximum atomic E-state index is 12.6. The molecule has 3 aromatic carbocycles. The predicted octanol–water partition coefficient (Wildman–Crippen LogP) is 5.83. The van der Waals surface area contributed by atoms with Gasteiger partial charge in [-0.2, -0.15) is 5.10 Å². The molecule has 10 heteroatoms. The number of ether oxygens (including phenoxy) is 2. The van der Waals surface area contributed by atoms with Gasteiger partial charge < -0.3 is 25.2 Å². The van der Waals surface area contributed by atoms with E-state index >= 15 is 0 Å². The fraction of sp³-hybridized carbons (Fsp3) is 0.273. The number of hydrogen-bond donors (Lipinski definition) is 2. The lowest BCUT2D eigenvalue weighted by molar-refractivity contribution is -0.136. The first-order valence-corrected chi connectivity index (χ1v) is 14.3. The monoisotopic (exact) mass is 579 g/mol. The maximum Gasteiger partial charge on any atom is 0.410 e. The molecule has 1 saturated heterocycles. The van der Waals surface area contributed by atoms with E-state index in [1.807, 2.05) is 42.8 Å². The van der Waals surface area contributed by atoms with Gasteiger partial charge in [0.25, 0.3) is 0 Å². The Morgan fingerprint density at radius 2 is 1.88 bits per heavy atom. The second kappa shape index (κ2) is 11.6. The lowest BCUT2D eigenvalue weighted by Gasteiger charge is -2.18. The van der Waals surface area contributed by atoms with Crippen molar-refractivity contribution in [2.24, 2.45) is 0 Å². The first kappa shape index (κ1) is 28.0. The van der Waals surface area contributed by atoms with Crippen molar-refractivity contribution in [1.29, 1.82) is 0 Å². The van der Waals surface area contributed by atoms with E-state index in [1.54, 1.807) is 29.3 Å². The Morgan fingerprint density at radius 1 is 1.05 bits per heavy atom. The number of amides is 1. The number of para-hydroxylation sites is 1. The summed E-state index contributed by atoms with van der Waals surface area (Å²) in [5.74, 6) is 0.0523. The highest BCUT2D eigenvalue weighted by atomic mass is 16.6. The van der Waals surface area contributed by atoms with Gasteiger partial charge in [-0.25, -0.2) is 9.78 Å². The molecule has 5 aromatic rings. The number of carbonyl (C=O) groups excluding carboxylic acids is 1. The summed E-state index contributed by atoms with van der Waals surface area (Å²) in [6.07, 6.45) is 1.80. The van der Waals surface area contributed by atoms with E-state index in [9.17, 15) is 14.7 Å². The Labute approximate surface area is 248 Å². The molecule has 3 heterocycles. The SMILES string of the molecule is CC(C)OC(=O)N1CC[C@H](n2nc(COc3ccccc3CC(=O)O)c3cc(-c4cccc5c(N)nccc45)ccc32)C1. The summed E-state index contributed by atoms with van der Waals surface area (Å²) in [6, 6.07) is 21.3. The van der Waals surface area contributed by atoms with Crippen molar-refractivity contribution >= 4 is 39.6 Å². The molecule has 0 saturated carbocycles. The summed E-state index contributed by atoms with van der Waals surface area (Å²) in [6.45, 7) is 4.89. The molecule has 0 aliphatic carbocycles. The summed E-state index contributed by atoms with van der Waals surface area (Å²) in [5, 5.41) is 17.2. The van der Waals surface area contributed by atoms with Gasteiger partial charge in [-0.15, -0.1) is 0 Å². The number of fused-ring (bicyclic) bond motifs is 2. The Bertz CT molecular complexity index is 1830. The number of pyridine rings is 1. The van der Waals surface area contributed by atoms with Crippen LogP contribution in [0.15, 0.2) is 72.9 Å². The van der Waals surface area contributed by atoms with E-state index in [1.165, 1.54) is 0 Å². The van der Waals surface area contributed by atoms with E-state index in [-0.39, 0.29) is 31.3 Å². The molecule has 0 bridgehead atoms. The summed E-state index contributed by atoms with van der Waals surface area (Å²) in [5.41, 5.74) is 10.4. The Hall–Kier alpha value is -5.12. The number of nitrogen functional groups attached to an aromatic ring is 1. The van der Waals surface area contributed by atoms with Gasteiger partial charge in [0.15, 0.2) is 0 Å². The van der Waals surface area contributed by atoms with E-state index in [2.05, 4.69) is 29.2 Å². The van der Waals surface area contributed by atoms with Crippen LogP contribution in [-0.2, 0) is 22.6 Å². The maximum absolute atomic E-state index is 12.6. The van der Waals surface area contributed by atoms with Crippen molar-refractivity contribution in [2.75, 3.05) is 18.8 Å². The normalized spacial score (nSPS) is 15.0. The molecular formula is C33H33N5O5. The number of nitrogens with two attached hydrogens (primary N) is 1.